The molecule has 0 aliphatic carbocycles. The van der Waals surface area contributed by atoms with Crippen LogP contribution in [0.15, 0.2) is 156 Å². The molecule has 48 heavy (non-hydrogen) atoms. The average Bonchev–Trinajstić information content (AvgIpc) is 3.80. The van der Waals surface area contributed by atoms with Crippen LogP contribution in [-0.2, 0) is 0 Å². The summed E-state index contributed by atoms with van der Waals surface area (Å²) in [5.41, 5.74) is 8.66. The Morgan fingerprint density at radius 3 is 2.06 bits per heavy atom. The van der Waals surface area contributed by atoms with Crippen LogP contribution in [0.25, 0.3) is 94.6 Å². The van der Waals surface area contributed by atoms with Crippen molar-refractivity contribution in [3.63, 3.8) is 0 Å². The Balaban J connectivity index is 1.07. The predicted octanol–water partition coefficient (Wildman–Crippen LogP) is 10.4. The molecule has 6 nitrogen and oxygen atoms in total. The number of rotatable bonds is 4. The average molecular weight is 616 g/mol. The monoisotopic (exact) mass is 615 g/mol. The van der Waals surface area contributed by atoms with Crippen LogP contribution in [0.1, 0.15) is 0 Å². The van der Waals surface area contributed by atoms with E-state index in [-0.39, 0.29) is 0 Å². The van der Waals surface area contributed by atoms with Crippen LogP contribution in [0.2, 0.25) is 0 Å². The van der Waals surface area contributed by atoms with E-state index in [1.165, 1.54) is 0 Å². The number of benzene rings is 7. The first-order valence-electron chi connectivity index (χ1n) is 15.9. The summed E-state index contributed by atoms with van der Waals surface area (Å²) in [6.07, 6.45) is 0. The van der Waals surface area contributed by atoms with Gasteiger partial charge in [-0.25, -0.2) is 9.97 Å². The zero-order chi connectivity index (χ0) is 31.6. The van der Waals surface area contributed by atoms with E-state index in [2.05, 4.69) is 84.9 Å². The molecule has 6 heteroatoms. The predicted molar refractivity (Wildman–Crippen MR) is 193 cm³/mol. The minimum atomic E-state index is 0.569. The smallest absolute Gasteiger partial charge is 0.253 e. The standard InChI is InChI=1S/C42H25N5O/c1-3-10-27(11-4-1)38-34-16-7-8-17-36(34)47-42(44-38)45-40(46-47)32-15-9-14-29(25-32)30-20-22-33-31(24-30)19-18-26-21-23-35-39(37(26)33)48-41(43-35)28-12-5-2-6-13-28/h1-25H. The second-order valence-corrected chi connectivity index (χ2v) is 12.0. The molecule has 0 radical (unpaired) electrons. The molecule has 0 unspecified atom stereocenters. The lowest BCUT2D eigenvalue weighted by atomic mass is 9.96. The first-order valence-corrected chi connectivity index (χ1v) is 15.9. The van der Waals surface area contributed by atoms with Gasteiger partial charge in [-0.2, -0.15) is 9.50 Å². The Hall–Kier alpha value is -6.66. The van der Waals surface area contributed by atoms with Gasteiger partial charge in [0.2, 0.25) is 5.89 Å². The van der Waals surface area contributed by atoms with Crippen molar-refractivity contribution in [2.24, 2.45) is 0 Å². The summed E-state index contributed by atoms with van der Waals surface area (Å²) in [4.78, 5) is 14.7. The highest BCUT2D eigenvalue weighted by Gasteiger charge is 2.17. The fourth-order valence-corrected chi connectivity index (χ4v) is 6.75. The van der Waals surface area contributed by atoms with Crippen molar-refractivity contribution in [2.75, 3.05) is 0 Å². The van der Waals surface area contributed by atoms with E-state index in [0.29, 0.717) is 17.5 Å². The lowest BCUT2D eigenvalue weighted by Crippen LogP contribution is -1.97. The maximum Gasteiger partial charge on any atom is 0.253 e. The highest BCUT2D eigenvalue weighted by molar-refractivity contribution is 6.18. The summed E-state index contributed by atoms with van der Waals surface area (Å²) >= 11 is 0. The van der Waals surface area contributed by atoms with E-state index < -0.39 is 0 Å². The van der Waals surface area contributed by atoms with Gasteiger partial charge >= 0.3 is 0 Å². The third kappa shape index (κ3) is 4.20. The Morgan fingerprint density at radius 2 is 1.19 bits per heavy atom. The zero-order valence-electron chi connectivity index (χ0n) is 25.6. The van der Waals surface area contributed by atoms with Crippen molar-refractivity contribution in [1.82, 2.24) is 24.6 Å². The van der Waals surface area contributed by atoms with E-state index in [9.17, 15) is 0 Å². The minimum absolute atomic E-state index is 0.569. The Morgan fingerprint density at radius 1 is 0.479 bits per heavy atom. The van der Waals surface area contributed by atoms with Crippen LogP contribution in [0.4, 0.5) is 0 Å². The number of hydrogen-bond donors (Lipinski definition) is 0. The van der Waals surface area contributed by atoms with E-state index >= 15 is 0 Å². The summed E-state index contributed by atoms with van der Waals surface area (Å²) in [7, 11) is 0. The molecule has 0 N–H and O–H groups in total. The van der Waals surface area contributed by atoms with Gasteiger partial charge in [0.1, 0.15) is 5.52 Å². The molecular weight excluding hydrogens is 590 g/mol. The molecule has 3 aromatic heterocycles. The van der Waals surface area contributed by atoms with Crippen LogP contribution in [0.3, 0.4) is 0 Å². The summed E-state index contributed by atoms with van der Waals surface area (Å²) in [5, 5.41) is 10.4. The van der Waals surface area contributed by atoms with Crippen LogP contribution < -0.4 is 0 Å². The lowest BCUT2D eigenvalue weighted by Gasteiger charge is -2.08. The van der Waals surface area contributed by atoms with E-state index in [1.54, 1.807) is 0 Å². The van der Waals surface area contributed by atoms with Crippen LogP contribution in [-0.4, -0.2) is 24.6 Å². The molecule has 0 atom stereocenters. The van der Waals surface area contributed by atoms with Gasteiger partial charge in [-0.15, -0.1) is 5.10 Å². The maximum atomic E-state index is 6.41. The maximum absolute atomic E-state index is 6.41. The highest BCUT2D eigenvalue weighted by Crippen LogP contribution is 2.37. The molecule has 0 aliphatic rings. The van der Waals surface area contributed by atoms with Crippen molar-refractivity contribution in [2.45, 2.75) is 0 Å². The van der Waals surface area contributed by atoms with E-state index in [4.69, 9.17) is 24.5 Å². The van der Waals surface area contributed by atoms with E-state index in [0.717, 1.165) is 77.1 Å². The molecule has 7 aromatic carbocycles. The van der Waals surface area contributed by atoms with Gasteiger partial charge in [0.15, 0.2) is 11.4 Å². The first-order chi connectivity index (χ1) is 23.8. The fourth-order valence-electron chi connectivity index (χ4n) is 6.75. The second-order valence-electron chi connectivity index (χ2n) is 12.0. The van der Waals surface area contributed by atoms with Gasteiger partial charge in [0.25, 0.3) is 5.78 Å². The van der Waals surface area contributed by atoms with Crippen molar-refractivity contribution >= 4 is 49.3 Å². The van der Waals surface area contributed by atoms with Crippen LogP contribution >= 0.6 is 0 Å². The van der Waals surface area contributed by atoms with Crippen molar-refractivity contribution in [1.29, 1.82) is 0 Å². The normalized spacial score (nSPS) is 11.8. The van der Waals surface area contributed by atoms with E-state index in [1.807, 2.05) is 71.2 Å². The molecule has 0 aliphatic heterocycles. The largest absolute Gasteiger partial charge is 0.435 e. The molecule has 224 valence electrons. The van der Waals surface area contributed by atoms with Crippen LogP contribution in [0.5, 0.6) is 0 Å². The number of oxazole rings is 1. The number of hydrogen-bond acceptors (Lipinski definition) is 5. The van der Waals surface area contributed by atoms with Crippen LogP contribution in [0, 0.1) is 0 Å². The van der Waals surface area contributed by atoms with Gasteiger partial charge in [-0.05, 0) is 63.7 Å². The van der Waals surface area contributed by atoms with Crippen molar-refractivity contribution in [3.05, 3.63) is 152 Å². The fraction of sp³-hybridized carbons (Fsp3) is 0. The Kier molecular flexibility index (Phi) is 5.77. The SMILES string of the molecule is c1ccc(-c2nc3ccc4ccc5cc(-c6cccc(-c7nc8nc(-c9ccccc9)c9ccccc9n8n7)c6)ccc5c4c3o2)cc1. The topological polar surface area (TPSA) is 69.1 Å². The van der Waals surface area contributed by atoms with Gasteiger partial charge in [-0.3, -0.25) is 0 Å². The molecule has 0 spiro atoms. The molecule has 0 saturated heterocycles. The number of nitrogens with zero attached hydrogens (tertiary/aromatic N) is 5. The third-order valence-corrected chi connectivity index (χ3v) is 9.06. The molecule has 10 rings (SSSR count). The molecule has 3 heterocycles. The molecule has 0 fully saturated rings. The summed E-state index contributed by atoms with van der Waals surface area (Å²) in [6.45, 7) is 0. The quantitative estimate of drug-likeness (QED) is 0.184. The summed E-state index contributed by atoms with van der Waals surface area (Å²) in [6, 6.07) is 52.0. The van der Waals surface area contributed by atoms with Crippen molar-refractivity contribution < 1.29 is 4.42 Å². The van der Waals surface area contributed by atoms with Crippen molar-refractivity contribution in [3.8, 4) is 45.2 Å². The lowest BCUT2D eigenvalue weighted by molar-refractivity contribution is 0.623. The molecule has 0 saturated carbocycles. The Labute approximate surface area is 274 Å². The number of aromatic nitrogens is 5. The summed E-state index contributed by atoms with van der Waals surface area (Å²) < 4.78 is 8.25. The number of fused-ring (bicyclic) bond motifs is 8. The molecule has 0 amide bonds. The first kappa shape index (κ1) is 26.5. The Bertz CT molecular complexity index is 2840. The second kappa shape index (κ2) is 10.4. The van der Waals surface area contributed by atoms with Gasteiger partial charge in [-0.1, -0.05) is 115 Å². The third-order valence-electron chi connectivity index (χ3n) is 9.06. The molecule has 10 aromatic rings. The molecule has 0 bridgehead atoms. The highest BCUT2D eigenvalue weighted by atomic mass is 16.3. The molecular formula is C42H25N5O. The minimum Gasteiger partial charge on any atom is -0.435 e. The number of para-hydroxylation sites is 1. The van der Waals surface area contributed by atoms with Gasteiger partial charge < -0.3 is 4.42 Å². The van der Waals surface area contributed by atoms with Gasteiger partial charge in [0.05, 0.1) is 11.2 Å². The van der Waals surface area contributed by atoms with Gasteiger partial charge in [0, 0.05) is 27.5 Å². The summed E-state index contributed by atoms with van der Waals surface area (Å²) in [5.74, 6) is 1.83. The zero-order valence-corrected chi connectivity index (χ0v) is 25.6.